The van der Waals surface area contributed by atoms with Gasteiger partial charge < -0.3 is 14.5 Å². The van der Waals surface area contributed by atoms with E-state index in [1.165, 1.54) is 33.5 Å². The number of fused-ring (bicyclic) bond motifs is 4. The molecule has 2 heterocycles. The van der Waals surface area contributed by atoms with Crippen LogP contribution < -0.4 is 0 Å². The molecule has 0 bridgehead atoms. The summed E-state index contributed by atoms with van der Waals surface area (Å²) in [5.41, 5.74) is 7.55. The molecule has 0 fully saturated rings. The Morgan fingerprint density at radius 2 is 1.47 bits per heavy atom. The Kier molecular flexibility index (Phi) is 14.8. The molecule has 0 unspecified atom stereocenters. The van der Waals surface area contributed by atoms with E-state index >= 15 is 0 Å². The van der Waals surface area contributed by atoms with Crippen LogP contribution in [0.3, 0.4) is 0 Å². The van der Waals surface area contributed by atoms with Crippen molar-refractivity contribution in [2.24, 2.45) is 17.8 Å². The van der Waals surface area contributed by atoms with Gasteiger partial charge in [0.15, 0.2) is 5.78 Å². The molecular weight excluding hydrogens is 783 g/mol. The third-order valence-electron chi connectivity index (χ3n) is 9.62. The van der Waals surface area contributed by atoms with Crippen LogP contribution in [0.4, 0.5) is 0 Å². The SMILES string of the molecule is CC(C)Cc1ccc2c(-c3[c-]c(C(C)C)cc4c3oc3ccccc34)ncc(C(C)C)c2c1.CCC(CC)C(=O)/C=C(\O)C(CC)CC.[Ir]. The average molecular weight is 839 g/mol. The number of rotatable bonds is 12. The monoisotopic (exact) mass is 839 g/mol. The van der Waals surface area contributed by atoms with Gasteiger partial charge in [0.2, 0.25) is 0 Å². The summed E-state index contributed by atoms with van der Waals surface area (Å²) in [5.74, 6) is 1.94. The van der Waals surface area contributed by atoms with Crippen molar-refractivity contribution in [2.75, 3.05) is 0 Å². The number of carbonyl (C=O) groups is 1. The maximum absolute atomic E-state index is 11.7. The smallest absolute Gasteiger partial charge is 0.162 e. The molecule has 2 aromatic heterocycles. The van der Waals surface area contributed by atoms with E-state index in [1.807, 2.05) is 39.8 Å². The maximum atomic E-state index is 11.7. The zero-order chi connectivity index (χ0) is 35.1. The third kappa shape index (κ3) is 9.30. The van der Waals surface area contributed by atoms with Gasteiger partial charge in [-0.15, -0.1) is 17.7 Å². The fourth-order valence-corrected chi connectivity index (χ4v) is 6.61. The first-order valence-electron chi connectivity index (χ1n) is 18.2. The number of benzene rings is 3. The second-order valence-corrected chi connectivity index (χ2v) is 14.3. The van der Waals surface area contributed by atoms with Gasteiger partial charge in [0.25, 0.3) is 0 Å². The van der Waals surface area contributed by atoms with E-state index < -0.39 is 0 Å². The number of allylic oxidation sites excluding steroid dienone is 2. The fraction of sp³-hybridized carbons (Fsp3) is 0.455. The van der Waals surface area contributed by atoms with E-state index in [0.29, 0.717) is 17.8 Å². The summed E-state index contributed by atoms with van der Waals surface area (Å²) in [7, 11) is 0. The van der Waals surface area contributed by atoms with Crippen molar-refractivity contribution >= 4 is 38.5 Å². The summed E-state index contributed by atoms with van der Waals surface area (Å²) < 4.78 is 6.40. The number of para-hydroxylation sites is 1. The van der Waals surface area contributed by atoms with Crippen LogP contribution >= 0.6 is 0 Å². The first-order valence-corrected chi connectivity index (χ1v) is 18.2. The van der Waals surface area contributed by atoms with Crippen molar-refractivity contribution in [3.05, 3.63) is 89.3 Å². The molecule has 5 aromatic rings. The van der Waals surface area contributed by atoms with Gasteiger partial charge in [-0.3, -0.25) is 4.79 Å². The number of furan rings is 1. The summed E-state index contributed by atoms with van der Waals surface area (Å²) in [6, 6.07) is 21.1. The first-order chi connectivity index (χ1) is 22.9. The number of aliphatic hydroxyl groups is 1. The molecule has 0 atom stereocenters. The van der Waals surface area contributed by atoms with Crippen molar-refractivity contribution in [2.45, 2.75) is 113 Å². The van der Waals surface area contributed by atoms with Gasteiger partial charge in [-0.2, -0.15) is 0 Å². The molecule has 0 aliphatic heterocycles. The predicted molar refractivity (Wildman–Crippen MR) is 204 cm³/mol. The summed E-state index contributed by atoms with van der Waals surface area (Å²) in [6.07, 6.45) is 8.04. The topological polar surface area (TPSA) is 63.3 Å². The van der Waals surface area contributed by atoms with Crippen LogP contribution in [0.15, 0.2) is 71.0 Å². The van der Waals surface area contributed by atoms with Crippen LogP contribution in [-0.2, 0) is 31.3 Å². The fourth-order valence-electron chi connectivity index (χ4n) is 6.61. The number of hydrogen-bond donors (Lipinski definition) is 1. The zero-order valence-electron chi connectivity index (χ0n) is 31.2. The predicted octanol–water partition coefficient (Wildman–Crippen LogP) is 12.9. The van der Waals surface area contributed by atoms with E-state index in [2.05, 4.69) is 90.2 Å². The third-order valence-corrected chi connectivity index (χ3v) is 9.62. The minimum atomic E-state index is 0. The van der Waals surface area contributed by atoms with Gasteiger partial charge in [-0.05, 0) is 83.5 Å². The van der Waals surface area contributed by atoms with Gasteiger partial charge in [0.1, 0.15) is 5.58 Å². The van der Waals surface area contributed by atoms with Gasteiger partial charge in [-0.25, -0.2) is 0 Å². The molecule has 0 spiro atoms. The van der Waals surface area contributed by atoms with Crippen LogP contribution in [0.25, 0.3) is 44.0 Å². The van der Waals surface area contributed by atoms with Crippen LogP contribution in [0.1, 0.15) is 123 Å². The summed E-state index contributed by atoms with van der Waals surface area (Å²) >= 11 is 0. The molecule has 5 heteroatoms. The summed E-state index contributed by atoms with van der Waals surface area (Å²) in [6.45, 7) is 21.5. The molecule has 0 saturated heterocycles. The summed E-state index contributed by atoms with van der Waals surface area (Å²) in [4.78, 5) is 16.7. The zero-order valence-corrected chi connectivity index (χ0v) is 33.6. The molecule has 49 heavy (non-hydrogen) atoms. The second kappa shape index (κ2) is 18.1. The van der Waals surface area contributed by atoms with Crippen LogP contribution in [0.2, 0.25) is 0 Å². The molecule has 0 aliphatic rings. The molecule has 0 aliphatic carbocycles. The van der Waals surface area contributed by atoms with E-state index in [1.54, 1.807) is 0 Å². The number of pyridine rings is 1. The van der Waals surface area contributed by atoms with Crippen molar-refractivity contribution in [1.29, 1.82) is 0 Å². The molecule has 5 rings (SSSR count). The molecule has 3 aromatic carbocycles. The Labute approximate surface area is 308 Å². The van der Waals surface area contributed by atoms with E-state index in [0.717, 1.165) is 65.3 Å². The van der Waals surface area contributed by atoms with E-state index in [-0.39, 0.29) is 43.5 Å². The molecule has 1 N–H and O–H groups in total. The average Bonchev–Trinajstić information content (AvgIpc) is 3.43. The minimum absolute atomic E-state index is 0. The molecule has 0 amide bonds. The maximum Gasteiger partial charge on any atom is 0.162 e. The van der Waals surface area contributed by atoms with Crippen LogP contribution in [0.5, 0.6) is 0 Å². The van der Waals surface area contributed by atoms with Crippen molar-refractivity contribution in [1.82, 2.24) is 4.98 Å². The minimum Gasteiger partial charge on any atom is -0.512 e. The van der Waals surface area contributed by atoms with Gasteiger partial charge in [0.05, 0.1) is 11.3 Å². The number of carbonyl (C=O) groups excluding carboxylic acids is 1. The quantitative estimate of drug-likeness (QED) is 0.0772. The summed E-state index contributed by atoms with van der Waals surface area (Å²) in [5, 5.41) is 14.5. The van der Waals surface area contributed by atoms with Crippen LogP contribution in [0, 0.1) is 23.8 Å². The number of aliphatic hydroxyl groups excluding tert-OH is 1. The molecule has 0 saturated carbocycles. The molecule has 1 radical (unpaired) electrons. The van der Waals surface area contributed by atoms with Gasteiger partial charge >= 0.3 is 0 Å². The number of aromatic nitrogens is 1. The molecular formula is C44H56IrNO3-. The second-order valence-electron chi connectivity index (χ2n) is 14.3. The Bertz CT molecular complexity index is 1870. The Morgan fingerprint density at radius 1 is 0.816 bits per heavy atom. The number of nitrogens with zero attached hydrogens (tertiary/aromatic N) is 1. The first kappa shape index (κ1) is 40.2. The Morgan fingerprint density at radius 3 is 2.06 bits per heavy atom. The van der Waals surface area contributed by atoms with Crippen LogP contribution in [-0.4, -0.2) is 15.9 Å². The largest absolute Gasteiger partial charge is 0.512 e. The number of ketones is 1. The number of hydrogen-bond acceptors (Lipinski definition) is 4. The Balaban J connectivity index is 0.000000347. The van der Waals surface area contributed by atoms with Crippen molar-refractivity contribution in [3.63, 3.8) is 0 Å². The standard InChI is InChI=1S/C31H32NO.C13H24O2.Ir/c1-18(2)13-21-11-12-24-25(14-21)28(20(5)6)17-32-30(24)27-16-22(19(3)4)15-26-23-9-7-8-10-29(23)33-31(26)27;1-5-10(6-2)12(14)9-13(15)11(7-3)8-4;/h7-12,14-15,17-20H,13H2,1-6H3;9-11,14H,5-8H2,1-4H3;/q-1;;/b;12-9-;. The van der Waals surface area contributed by atoms with Gasteiger partial charge in [0, 0.05) is 49.6 Å². The van der Waals surface area contributed by atoms with E-state index in [9.17, 15) is 9.90 Å². The molecule has 265 valence electrons. The van der Waals surface area contributed by atoms with E-state index in [4.69, 9.17) is 9.40 Å². The van der Waals surface area contributed by atoms with Gasteiger partial charge in [-0.1, -0.05) is 117 Å². The molecule has 4 nitrogen and oxygen atoms in total. The normalized spacial score (nSPS) is 12.1. The van der Waals surface area contributed by atoms with Crippen molar-refractivity contribution < 1.29 is 34.4 Å². The van der Waals surface area contributed by atoms with Crippen molar-refractivity contribution in [3.8, 4) is 11.3 Å². The Hall–Kier alpha value is -3.27.